The van der Waals surface area contributed by atoms with Crippen molar-refractivity contribution < 1.29 is 4.74 Å². The lowest BCUT2D eigenvalue weighted by Crippen LogP contribution is -2.35. The van der Waals surface area contributed by atoms with Gasteiger partial charge in [-0.05, 0) is 37.1 Å². The van der Waals surface area contributed by atoms with E-state index < -0.39 is 0 Å². The van der Waals surface area contributed by atoms with Crippen molar-refractivity contribution in [2.75, 3.05) is 32.1 Å². The molecule has 1 aromatic carbocycles. The van der Waals surface area contributed by atoms with E-state index in [1.807, 2.05) is 12.1 Å². The van der Waals surface area contributed by atoms with Crippen LogP contribution in [0.5, 0.6) is 5.75 Å². The first-order valence-electron chi connectivity index (χ1n) is 7.88. The molecule has 0 bridgehead atoms. The summed E-state index contributed by atoms with van der Waals surface area (Å²) in [6.45, 7) is 2.11. The van der Waals surface area contributed by atoms with Gasteiger partial charge in [-0.2, -0.15) is 0 Å². The summed E-state index contributed by atoms with van der Waals surface area (Å²) in [7, 11) is 3.85. The number of anilines is 1. The first kappa shape index (κ1) is 15.2. The summed E-state index contributed by atoms with van der Waals surface area (Å²) in [6, 6.07) is 9.01. The molecule has 1 saturated carbocycles. The van der Waals surface area contributed by atoms with Crippen molar-refractivity contribution in [1.82, 2.24) is 5.32 Å². The van der Waals surface area contributed by atoms with E-state index in [1.165, 1.54) is 44.2 Å². The summed E-state index contributed by atoms with van der Waals surface area (Å²) in [5.41, 5.74) is 1.24. The van der Waals surface area contributed by atoms with Crippen molar-refractivity contribution in [3.63, 3.8) is 0 Å². The second-order valence-electron chi connectivity index (χ2n) is 5.76. The van der Waals surface area contributed by atoms with E-state index in [-0.39, 0.29) is 0 Å². The average molecular weight is 276 g/mol. The molecule has 0 heterocycles. The van der Waals surface area contributed by atoms with Gasteiger partial charge in [0.05, 0.1) is 7.11 Å². The normalized spacial score (nSPS) is 16.7. The summed E-state index contributed by atoms with van der Waals surface area (Å²) < 4.78 is 5.19. The maximum atomic E-state index is 5.19. The van der Waals surface area contributed by atoms with Gasteiger partial charge in [-0.15, -0.1) is 0 Å². The smallest absolute Gasteiger partial charge is 0.119 e. The molecule has 1 aliphatic carbocycles. The Morgan fingerprint density at radius 2 is 1.75 bits per heavy atom. The second-order valence-corrected chi connectivity index (χ2v) is 5.76. The highest BCUT2D eigenvalue weighted by atomic mass is 16.5. The fourth-order valence-electron chi connectivity index (χ4n) is 2.89. The third kappa shape index (κ3) is 4.71. The van der Waals surface area contributed by atoms with Gasteiger partial charge in [-0.1, -0.05) is 25.7 Å². The first-order chi connectivity index (χ1) is 9.79. The lowest BCUT2D eigenvalue weighted by atomic mass is 10.1. The third-order valence-electron chi connectivity index (χ3n) is 4.25. The Bertz CT molecular complexity index is 369. The molecule has 0 aromatic heterocycles. The summed E-state index contributed by atoms with van der Waals surface area (Å²) in [6.07, 6.45) is 8.34. The molecule has 1 fully saturated rings. The predicted octanol–water partition coefficient (Wildman–Crippen LogP) is 3.44. The SMILES string of the molecule is COc1ccc(N(C)CCNC2CCCCCC2)cc1. The largest absolute Gasteiger partial charge is 0.497 e. The standard InChI is InChI=1S/C17H28N2O/c1-19(16-9-11-17(20-2)12-10-16)14-13-18-15-7-5-3-4-6-8-15/h9-12,15,18H,3-8,13-14H2,1-2H3. The monoisotopic (exact) mass is 276 g/mol. The van der Waals surface area contributed by atoms with Gasteiger partial charge in [-0.25, -0.2) is 0 Å². The molecule has 0 radical (unpaired) electrons. The maximum absolute atomic E-state index is 5.19. The number of ether oxygens (including phenoxy) is 1. The quantitative estimate of drug-likeness (QED) is 0.806. The van der Waals surface area contributed by atoms with Gasteiger partial charge < -0.3 is 15.0 Å². The lowest BCUT2D eigenvalue weighted by Gasteiger charge is -2.22. The van der Waals surface area contributed by atoms with E-state index in [1.54, 1.807) is 7.11 Å². The van der Waals surface area contributed by atoms with E-state index in [2.05, 4.69) is 29.4 Å². The summed E-state index contributed by atoms with van der Waals surface area (Å²) in [5, 5.41) is 3.72. The molecule has 0 aliphatic heterocycles. The van der Waals surface area contributed by atoms with Crippen LogP contribution in [0.1, 0.15) is 38.5 Å². The van der Waals surface area contributed by atoms with E-state index in [9.17, 15) is 0 Å². The Morgan fingerprint density at radius 3 is 2.35 bits per heavy atom. The number of rotatable bonds is 6. The van der Waals surface area contributed by atoms with Crippen molar-refractivity contribution in [2.24, 2.45) is 0 Å². The van der Waals surface area contributed by atoms with Crippen LogP contribution in [0.3, 0.4) is 0 Å². The maximum Gasteiger partial charge on any atom is 0.119 e. The van der Waals surface area contributed by atoms with Crippen LogP contribution in [0.15, 0.2) is 24.3 Å². The predicted molar refractivity (Wildman–Crippen MR) is 85.8 cm³/mol. The number of benzene rings is 1. The Hall–Kier alpha value is -1.22. The number of likely N-dealkylation sites (N-methyl/N-ethyl adjacent to an activating group) is 1. The van der Waals surface area contributed by atoms with E-state index in [0.717, 1.165) is 24.9 Å². The minimum Gasteiger partial charge on any atom is -0.497 e. The number of hydrogen-bond acceptors (Lipinski definition) is 3. The van der Waals surface area contributed by atoms with E-state index >= 15 is 0 Å². The Balaban J connectivity index is 1.72. The minimum atomic E-state index is 0.738. The molecular formula is C17H28N2O. The van der Waals surface area contributed by atoms with E-state index in [4.69, 9.17) is 4.74 Å². The number of nitrogens with one attached hydrogen (secondary N) is 1. The molecule has 0 saturated heterocycles. The highest BCUT2D eigenvalue weighted by molar-refractivity contribution is 5.48. The zero-order valence-electron chi connectivity index (χ0n) is 12.9. The number of hydrogen-bond donors (Lipinski definition) is 1. The molecule has 112 valence electrons. The van der Waals surface area contributed by atoms with Gasteiger partial charge in [0, 0.05) is 31.9 Å². The Kier molecular flexibility index (Phi) is 6.19. The lowest BCUT2D eigenvalue weighted by molar-refractivity contribution is 0.415. The molecular weight excluding hydrogens is 248 g/mol. The third-order valence-corrected chi connectivity index (χ3v) is 4.25. The van der Waals surface area contributed by atoms with Crippen LogP contribution in [0.4, 0.5) is 5.69 Å². The fraction of sp³-hybridized carbons (Fsp3) is 0.647. The van der Waals surface area contributed by atoms with Crippen molar-refractivity contribution in [3.05, 3.63) is 24.3 Å². The molecule has 20 heavy (non-hydrogen) atoms. The molecule has 0 unspecified atom stereocenters. The summed E-state index contributed by atoms with van der Waals surface area (Å²) >= 11 is 0. The molecule has 2 rings (SSSR count). The van der Waals surface area contributed by atoms with Crippen molar-refractivity contribution >= 4 is 5.69 Å². The molecule has 0 atom stereocenters. The van der Waals surface area contributed by atoms with Crippen LogP contribution >= 0.6 is 0 Å². The first-order valence-corrected chi connectivity index (χ1v) is 7.88. The molecule has 0 spiro atoms. The van der Waals surface area contributed by atoms with Crippen LogP contribution in [-0.4, -0.2) is 33.3 Å². The molecule has 3 heteroatoms. The van der Waals surface area contributed by atoms with Gasteiger partial charge in [0.1, 0.15) is 5.75 Å². The van der Waals surface area contributed by atoms with Crippen LogP contribution < -0.4 is 15.0 Å². The van der Waals surface area contributed by atoms with Crippen LogP contribution in [0, 0.1) is 0 Å². The number of methoxy groups -OCH3 is 1. The number of nitrogens with zero attached hydrogens (tertiary/aromatic N) is 1. The molecule has 3 nitrogen and oxygen atoms in total. The zero-order valence-corrected chi connectivity index (χ0v) is 12.9. The van der Waals surface area contributed by atoms with Gasteiger partial charge in [0.25, 0.3) is 0 Å². The van der Waals surface area contributed by atoms with Crippen LogP contribution in [0.25, 0.3) is 0 Å². The Labute approximate surface area is 123 Å². The average Bonchev–Trinajstić information content (AvgIpc) is 2.76. The molecule has 1 aromatic rings. The fourth-order valence-corrected chi connectivity index (χ4v) is 2.89. The Morgan fingerprint density at radius 1 is 1.10 bits per heavy atom. The highest BCUT2D eigenvalue weighted by Crippen LogP contribution is 2.18. The highest BCUT2D eigenvalue weighted by Gasteiger charge is 2.11. The van der Waals surface area contributed by atoms with Crippen LogP contribution in [0.2, 0.25) is 0 Å². The van der Waals surface area contributed by atoms with Gasteiger partial charge in [-0.3, -0.25) is 0 Å². The van der Waals surface area contributed by atoms with Crippen molar-refractivity contribution in [2.45, 2.75) is 44.6 Å². The van der Waals surface area contributed by atoms with Gasteiger partial charge in [0.2, 0.25) is 0 Å². The summed E-state index contributed by atoms with van der Waals surface area (Å²) in [5.74, 6) is 0.915. The minimum absolute atomic E-state index is 0.738. The second kappa shape index (κ2) is 8.15. The summed E-state index contributed by atoms with van der Waals surface area (Å²) in [4.78, 5) is 2.29. The molecule has 1 aliphatic rings. The van der Waals surface area contributed by atoms with Gasteiger partial charge in [0.15, 0.2) is 0 Å². The molecule has 1 N–H and O–H groups in total. The zero-order chi connectivity index (χ0) is 14.2. The van der Waals surface area contributed by atoms with Crippen molar-refractivity contribution in [3.8, 4) is 5.75 Å². The van der Waals surface area contributed by atoms with Crippen molar-refractivity contribution in [1.29, 1.82) is 0 Å². The topological polar surface area (TPSA) is 24.5 Å². The van der Waals surface area contributed by atoms with E-state index in [0.29, 0.717) is 0 Å². The van der Waals surface area contributed by atoms with Crippen LogP contribution in [-0.2, 0) is 0 Å². The molecule has 0 amide bonds. The van der Waals surface area contributed by atoms with Gasteiger partial charge >= 0.3 is 0 Å².